The molecule has 1 saturated carbocycles. The second kappa shape index (κ2) is 5.93. The third kappa shape index (κ3) is 2.60. The number of hydrogen-bond donors (Lipinski definition) is 3. The molecule has 8 heteroatoms. The normalized spacial score (nSPS) is 34.1. The molecule has 2 aliphatic heterocycles. The Morgan fingerprint density at radius 2 is 2.29 bits per heavy atom. The summed E-state index contributed by atoms with van der Waals surface area (Å²) < 4.78 is 7.12. The van der Waals surface area contributed by atoms with E-state index in [-0.39, 0.29) is 18.1 Å². The predicted octanol–water partition coefficient (Wildman–Crippen LogP) is 2.94. The molecular formula is C16H17BrN2O4S. The van der Waals surface area contributed by atoms with Crippen molar-refractivity contribution in [1.29, 1.82) is 0 Å². The fourth-order valence-corrected chi connectivity index (χ4v) is 5.52. The lowest BCUT2D eigenvalue weighted by atomic mass is 9.68. The van der Waals surface area contributed by atoms with Gasteiger partial charge in [-0.25, -0.2) is 9.79 Å². The highest BCUT2D eigenvalue weighted by atomic mass is 79.9. The molecule has 4 rings (SSSR count). The van der Waals surface area contributed by atoms with Gasteiger partial charge in [0.15, 0.2) is 5.17 Å². The Morgan fingerprint density at radius 1 is 1.46 bits per heavy atom. The van der Waals surface area contributed by atoms with E-state index in [9.17, 15) is 9.90 Å². The molecule has 6 nitrogen and oxygen atoms in total. The van der Waals surface area contributed by atoms with Gasteiger partial charge in [0, 0.05) is 21.7 Å². The molecule has 0 saturated heterocycles. The maximum absolute atomic E-state index is 11.0. The number of nitrogens with one attached hydrogen (secondary N) is 1. The Balaban J connectivity index is 1.83. The Bertz CT molecular complexity index is 728. The number of aliphatic hydroxyl groups is 1. The van der Waals surface area contributed by atoms with Crippen LogP contribution in [0.25, 0.3) is 0 Å². The van der Waals surface area contributed by atoms with Gasteiger partial charge >= 0.3 is 6.09 Å². The van der Waals surface area contributed by atoms with Gasteiger partial charge in [0.05, 0.1) is 6.10 Å². The number of carbonyl (C=O) groups is 1. The molecule has 0 radical (unpaired) electrons. The van der Waals surface area contributed by atoms with Crippen molar-refractivity contribution in [1.82, 2.24) is 5.32 Å². The highest BCUT2D eigenvalue weighted by Crippen LogP contribution is 2.54. The van der Waals surface area contributed by atoms with Crippen LogP contribution in [0.5, 0.6) is 5.75 Å². The molecule has 1 fully saturated rings. The van der Waals surface area contributed by atoms with Gasteiger partial charge in [-0.1, -0.05) is 27.7 Å². The molecule has 24 heavy (non-hydrogen) atoms. The monoisotopic (exact) mass is 412 g/mol. The van der Waals surface area contributed by atoms with Crippen LogP contribution in [0.4, 0.5) is 4.79 Å². The zero-order chi connectivity index (χ0) is 16.9. The van der Waals surface area contributed by atoms with E-state index < -0.39 is 11.6 Å². The van der Waals surface area contributed by atoms with Crippen LogP contribution in [-0.4, -0.2) is 39.4 Å². The molecule has 128 valence electrons. The van der Waals surface area contributed by atoms with E-state index in [1.54, 1.807) is 0 Å². The van der Waals surface area contributed by atoms with Crippen molar-refractivity contribution in [3.05, 3.63) is 28.2 Å². The van der Waals surface area contributed by atoms with Crippen molar-refractivity contribution in [3.63, 3.8) is 0 Å². The average molecular weight is 413 g/mol. The fourth-order valence-electron chi connectivity index (χ4n) is 3.98. The smallest absolute Gasteiger partial charge is 0.410 e. The van der Waals surface area contributed by atoms with Crippen LogP contribution in [0, 0.1) is 5.92 Å². The largest absolute Gasteiger partial charge is 0.490 e. The lowest BCUT2D eigenvalue weighted by Gasteiger charge is -2.48. The summed E-state index contributed by atoms with van der Waals surface area (Å²) in [6, 6.07) is 5.87. The minimum Gasteiger partial charge on any atom is -0.490 e. The number of carboxylic acid groups (broad SMARTS) is 1. The fraction of sp³-hybridized carbons (Fsp3) is 0.500. The first-order valence-electron chi connectivity index (χ1n) is 7.85. The van der Waals surface area contributed by atoms with Crippen molar-refractivity contribution in [2.75, 3.05) is 5.75 Å². The van der Waals surface area contributed by atoms with Crippen molar-refractivity contribution >= 4 is 39.0 Å². The molecular weight excluding hydrogens is 396 g/mol. The van der Waals surface area contributed by atoms with Crippen LogP contribution in [0.15, 0.2) is 27.7 Å². The summed E-state index contributed by atoms with van der Waals surface area (Å²) in [7, 11) is 0. The number of fused-ring (bicyclic) bond motifs is 4. The SMILES string of the molecule is O=C(O)NC1=NC2(CS1)c1cc(Br)ccc1O[C@H]1CCC(O)C[C@@H]12. The molecule has 0 bridgehead atoms. The molecule has 1 amide bonds. The van der Waals surface area contributed by atoms with Crippen LogP contribution in [0.2, 0.25) is 0 Å². The summed E-state index contributed by atoms with van der Waals surface area (Å²) in [5.41, 5.74) is 0.396. The van der Waals surface area contributed by atoms with E-state index in [1.165, 1.54) is 11.8 Å². The molecule has 2 unspecified atom stereocenters. The van der Waals surface area contributed by atoms with E-state index in [4.69, 9.17) is 14.8 Å². The first kappa shape index (κ1) is 16.2. The Labute approximate surface area is 151 Å². The zero-order valence-corrected chi connectivity index (χ0v) is 15.1. The van der Waals surface area contributed by atoms with Crippen molar-refractivity contribution in [2.45, 2.75) is 37.0 Å². The van der Waals surface area contributed by atoms with Gasteiger partial charge in [-0.05, 0) is 37.5 Å². The zero-order valence-electron chi connectivity index (χ0n) is 12.7. The number of benzene rings is 1. The minimum absolute atomic E-state index is 0.00407. The third-order valence-electron chi connectivity index (χ3n) is 5.00. The molecule has 1 spiro atoms. The number of aliphatic imine (C=N–C) groups is 1. The molecule has 4 atom stereocenters. The summed E-state index contributed by atoms with van der Waals surface area (Å²) >= 11 is 4.91. The molecule has 0 aromatic heterocycles. The second-order valence-electron chi connectivity index (χ2n) is 6.43. The van der Waals surface area contributed by atoms with Gasteiger partial charge in [-0.15, -0.1) is 0 Å². The number of amidine groups is 1. The molecule has 1 aromatic rings. The Morgan fingerprint density at radius 3 is 3.08 bits per heavy atom. The number of amides is 1. The number of hydrogen-bond acceptors (Lipinski definition) is 5. The number of aliphatic hydroxyl groups excluding tert-OH is 1. The number of rotatable bonds is 0. The van der Waals surface area contributed by atoms with Gasteiger partial charge < -0.3 is 14.9 Å². The van der Waals surface area contributed by atoms with E-state index in [0.29, 0.717) is 17.3 Å². The summed E-state index contributed by atoms with van der Waals surface area (Å²) in [4.78, 5) is 15.8. The topological polar surface area (TPSA) is 91.2 Å². The van der Waals surface area contributed by atoms with E-state index in [1.807, 2.05) is 18.2 Å². The highest BCUT2D eigenvalue weighted by Gasteiger charge is 2.54. The maximum Gasteiger partial charge on any atom is 0.410 e. The maximum atomic E-state index is 11.0. The Kier molecular flexibility index (Phi) is 4.01. The Hall–Kier alpha value is -1.25. The van der Waals surface area contributed by atoms with Crippen LogP contribution < -0.4 is 10.1 Å². The highest BCUT2D eigenvalue weighted by molar-refractivity contribution is 9.10. The van der Waals surface area contributed by atoms with Crippen molar-refractivity contribution in [3.8, 4) is 5.75 Å². The summed E-state index contributed by atoms with van der Waals surface area (Å²) in [5, 5.41) is 22.0. The van der Waals surface area contributed by atoms with E-state index in [2.05, 4.69) is 21.2 Å². The van der Waals surface area contributed by atoms with Crippen LogP contribution in [0.3, 0.4) is 0 Å². The number of thioether (sulfide) groups is 1. The van der Waals surface area contributed by atoms with Crippen LogP contribution in [-0.2, 0) is 5.54 Å². The number of ether oxygens (including phenoxy) is 1. The van der Waals surface area contributed by atoms with Crippen molar-refractivity contribution in [2.24, 2.45) is 10.9 Å². The van der Waals surface area contributed by atoms with Crippen molar-refractivity contribution < 1.29 is 19.7 Å². The van der Waals surface area contributed by atoms with Gasteiger partial charge in [-0.3, -0.25) is 5.32 Å². The minimum atomic E-state index is -1.11. The molecule has 1 aliphatic carbocycles. The molecule has 2 heterocycles. The molecule has 3 N–H and O–H groups in total. The summed E-state index contributed by atoms with van der Waals surface area (Å²) in [6.07, 6.45) is 0.638. The first-order chi connectivity index (χ1) is 11.5. The van der Waals surface area contributed by atoms with E-state index >= 15 is 0 Å². The van der Waals surface area contributed by atoms with Gasteiger partial charge in [-0.2, -0.15) is 0 Å². The second-order valence-corrected chi connectivity index (χ2v) is 8.31. The van der Waals surface area contributed by atoms with Gasteiger partial charge in [0.25, 0.3) is 0 Å². The molecule has 1 aromatic carbocycles. The predicted molar refractivity (Wildman–Crippen MR) is 94.6 cm³/mol. The number of halogens is 1. The summed E-state index contributed by atoms with van der Waals surface area (Å²) in [5.74, 6) is 1.48. The van der Waals surface area contributed by atoms with Crippen LogP contribution >= 0.6 is 27.7 Å². The summed E-state index contributed by atoms with van der Waals surface area (Å²) in [6.45, 7) is 0. The third-order valence-corrected chi connectivity index (χ3v) is 6.55. The molecule has 3 aliphatic rings. The quantitative estimate of drug-likeness (QED) is 0.609. The van der Waals surface area contributed by atoms with Gasteiger partial charge in [0.2, 0.25) is 0 Å². The lowest BCUT2D eigenvalue weighted by molar-refractivity contribution is -0.0236. The van der Waals surface area contributed by atoms with Gasteiger partial charge in [0.1, 0.15) is 17.4 Å². The van der Waals surface area contributed by atoms with E-state index in [0.717, 1.165) is 28.6 Å². The average Bonchev–Trinajstić information content (AvgIpc) is 2.93. The van der Waals surface area contributed by atoms with Crippen LogP contribution in [0.1, 0.15) is 24.8 Å². The first-order valence-corrected chi connectivity index (χ1v) is 9.63. The number of nitrogens with zero attached hydrogens (tertiary/aromatic N) is 1. The standard InChI is InChI=1S/C16H17BrN2O4S/c17-8-1-3-12-10(5-8)16(7-24-14(19-16)18-15(21)22)11-6-9(20)2-4-13(11)23-12/h1,3,5,9,11,13,20H,2,4,6-7H2,(H,18,19)(H,21,22)/t9?,11-,13-,16?/m0/s1. The lowest BCUT2D eigenvalue weighted by Crippen LogP contribution is -2.51.